The van der Waals surface area contributed by atoms with Crippen molar-refractivity contribution in [3.8, 4) is 0 Å². The topological polar surface area (TPSA) is 101 Å². The van der Waals surface area contributed by atoms with Crippen molar-refractivity contribution < 1.29 is 46.7 Å². The number of hydrogen-bond acceptors (Lipinski definition) is 5. The van der Waals surface area contributed by atoms with Crippen LogP contribution in [0.25, 0.3) is 0 Å². The van der Waals surface area contributed by atoms with E-state index in [0.29, 0.717) is 0 Å². The first-order valence-corrected chi connectivity index (χ1v) is 6.02. The van der Waals surface area contributed by atoms with Gasteiger partial charge >= 0.3 is 79.7 Å². The summed E-state index contributed by atoms with van der Waals surface area (Å²) in [5.41, 5.74) is 0. The molecule has 1 saturated heterocycles. The van der Waals surface area contributed by atoms with E-state index in [9.17, 15) is 10.2 Å². The molecule has 1 unspecified atom stereocenters. The molecule has 5 atom stereocenters. The SMILES string of the molecule is OC[C@H]1[I-]C(O)[C@H](O)[C@@H](O)[C@@H]1O. The van der Waals surface area contributed by atoms with Gasteiger partial charge < -0.3 is 0 Å². The molecule has 6 heteroatoms. The Hall–Kier alpha value is 0.530. The van der Waals surface area contributed by atoms with Gasteiger partial charge in [-0.25, -0.2) is 0 Å². The standard InChI is InChI=1S/C6H12IO5/c8-1-2-3(9)4(10)5(11)6(12)7-2/h2-6,8-12H,1H2/q-1/t2-,3-,4+,5-,6?/m1/s1. The van der Waals surface area contributed by atoms with Crippen molar-refractivity contribution in [2.45, 2.75) is 26.3 Å². The van der Waals surface area contributed by atoms with Crippen molar-refractivity contribution in [3.63, 3.8) is 0 Å². The molecule has 5 nitrogen and oxygen atoms in total. The first-order valence-electron chi connectivity index (χ1n) is 3.53. The summed E-state index contributed by atoms with van der Waals surface area (Å²) in [6, 6.07) is 0. The normalized spacial score (nSPS) is 49.9. The van der Waals surface area contributed by atoms with Crippen molar-refractivity contribution in [2.24, 2.45) is 0 Å². The Labute approximate surface area is 79.9 Å². The van der Waals surface area contributed by atoms with Crippen LogP contribution in [0.4, 0.5) is 0 Å². The summed E-state index contributed by atoms with van der Waals surface area (Å²) in [7, 11) is 0. The van der Waals surface area contributed by atoms with Crippen LogP contribution in [0.1, 0.15) is 0 Å². The van der Waals surface area contributed by atoms with Gasteiger partial charge in [-0.3, -0.25) is 0 Å². The van der Waals surface area contributed by atoms with E-state index in [1.54, 1.807) is 0 Å². The molecule has 12 heavy (non-hydrogen) atoms. The first-order chi connectivity index (χ1) is 5.57. The summed E-state index contributed by atoms with van der Waals surface area (Å²) in [6.07, 6.45) is -3.72. The fourth-order valence-electron chi connectivity index (χ4n) is 1.04. The number of hydrogen-bond donors (Lipinski definition) is 5. The van der Waals surface area contributed by atoms with E-state index in [0.717, 1.165) is 0 Å². The summed E-state index contributed by atoms with van der Waals surface area (Å²) in [5, 5.41) is 45.5. The van der Waals surface area contributed by atoms with Crippen molar-refractivity contribution >= 4 is 0 Å². The van der Waals surface area contributed by atoms with Crippen LogP contribution in [-0.4, -0.2) is 58.5 Å². The second-order valence-corrected chi connectivity index (χ2v) is 6.26. The Bertz CT molecular complexity index is 150. The molecule has 0 aromatic heterocycles. The molecule has 0 aromatic rings. The van der Waals surface area contributed by atoms with Crippen LogP contribution in [0.15, 0.2) is 0 Å². The predicted molar refractivity (Wildman–Crippen MR) is 34.9 cm³/mol. The Morgan fingerprint density at radius 3 is 2.00 bits per heavy atom. The molecule has 1 aliphatic rings. The van der Waals surface area contributed by atoms with Gasteiger partial charge in [0.05, 0.1) is 0 Å². The molecular formula is C6H12IO5-. The molecule has 74 valence electrons. The number of aliphatic hydroxyl groups excluding tert-OH is 5. The van der Waals surface area contributed by atoms with Gasteiger partial charge in [0.2, 0.25) is 0 Å². The van der Waals surface area contributed by atoms with Crippen LogP contribution in [0.2, 0.25) is 0 Å². The van der Waals surface area contributed by atoms with E-state index in [1.807, 2.05) is 0 Å². The molecule has 1 heterocycles. The second-order valence-electron chi connectivity index (χ2n) is 2.67. The third-order valence-electron chi connectivity index (χ3n) is 1.82. The molecule has 5 N–H and O–H groups in total. The Morgan fingerprint density at radius 2 is 1.50 bits per heavy atom. The van der Waals surface area contributed by atoms with E-state index >= 15 is 0 Å². The van der Waals surface area contributed by atoms with Gasteiger partial charge in [-0.2, -0.15) is 0 Å². The number of alkyl halides is 2. The van der Waals surface area contributed by atoms with E-state index in [-0.39, 0.29) is 6.61 Å². The number of rotatable bonds is 1. The van der Waals surface area contributed by atoms with Gasteiger partial charge in [-0.1, -0.05) is 0 Å². The monoisotopic (exact) mass is 291 g/mol. The Balaban J connectivity index is 2.63. The van der Waals surface area contributed by atoms with Gasteiger partial charge in [-0.05, 0) is 0 Å². The third-order valence-corrected chi connectivity index (χ3v) is 5.35. The average Bonchev–Trinajstić information content (AvgIpc) is 2.08. The summed E-state index contributed by atoms with van der Waals surface area (Å²) in [4.78, 5) is 0. The van der Waals surface area contributed by atoms with Crippen LogP contribution in [0.5, 0.6) is 0 Å². The minimum absolute atomic E-state index is 0.255. The van der Waals surface area contributed by atoms with Crippen LogP contribution in [-0.2, 0) is 0 Å². The molecule has 0 spiro atoms. The zero-order chi connectivity index (χ0) is 9.30. The molecule has 0 aliphatic carbocycles. The molecule has 1 aliphatic heterocycles. The Morgan fingerprint density at radius 1 is 0.917 bits per heavy atom. The molecular weight excluding hydrogens is 279 g/mol. The zero-order valence-electron chi connectivity index (χ0n) is 6.21. The van der Waals surface area contributed by atoms with Crippen molar-refractivity contribution in [1.82, 2.24) is 0 Å². The molecule has 0 saturated carbocycles. The summed E-state index contributed by atoms with van der Waals surface area (Å²) >= 11 is -0.876. The van der Waals surface area contributed by atoms with E-state index in [1.165, 1.54) is 0 Å². The first kappa shape index (κ1) is 10.6. The van der Waals surface area contributed by atoms with E-state index in [4.69, 9.17) is 15.3 Å². The van der Waals surface area contributed by atoms with Crippen LogP contribution in [0, 0.1) is 0 Å². The fraction of sp³-hybridized carbons (Fsp3) is 1.00. The number of aliphatic hydroxyl groups is 5. The van der Waals surface area contributed by atoms with E-state index < -0.39 is 47.6 Å². The number of halogens is 1. The maximum atomic E-state index is 9.27. The Kier molecular flexibility index (Phi) is 3.68. The van der Waals surface area contributed by atoms with Crippen LogP contribution < -0.4 is 21.2 Å². The summed E-state index contributed by atoms with van der Waals surface area (Å²) < 4.78 is -1.41. The van der Waals surface area contributed by atoms with Gasteiger partial charge in [0.25, 0.3) is 0 Å². The van der Waals surface area contributed by atoms with Crippen molar-refractivity contribution in [1.29, 1.82) is 0 Å². The molecule has 0 radical (unpaired) electrons. The zero-order valence-corrected chi connectivity index (χ0v) is 8.37. The van der Waals surface area contributed by atoms with Crippen molar-refractivity contribution in [3.05, 3.63) is 0 Å². The van der Waals surface area contributed by atoms with Gasteiger partial charge in [0, 0.05) is 0 Å². The molecule has 1 fully saturated rings. The van der Waals surface area contributed by atoms with Gasteiger partial charge in [0.15, 0.2) is 0 Å². The quantitative estimate of drug-likeness (QED) is 0.244. The second kappa shape index (κ2) is 4.16. The summed E-state index contributed by atoms with van der Waals surface area (Å²) in [5.74, 6) is 0. The van der Waals surface area contributed by atoms with Crippen LogP contribution in [0.3, 0.4) is 0 Å². The molecule has 0 amide bonds. The molecule has 1 rings (SSSR count). The minimum atomic E-state index is -1.34. The molecule has 0 bridgehead atoms. The van der Waals surface area contributed by atoms with Crippen LogP contribution >= 0.6 is 0 Å². The fourth-order valence-corrected chi connectivity index (χ4v) is 3.92. The summed E-state index contributed by atoms with van der Waals surface area (Å²) in [6.45, 7) is -0.255. The molecule has 0 aromatic carbocycles. The van der Waals surface area contributed by atoms with E-state index in [2.05, 4.69) is 0 Å². The average molecular weight is 291 g/mol. The third kappa shape index (κ3) is 1.88. The maximum absolute atomic E-state index is 9.27. The predicted octanol–water partition coefficient (Wildman–Crippen LogP) is -6.15. The van der Waals surface area contributed by atoms with Gasteiger partial charge in [0.1, 0.15) is 0 Å². The van der Waals surface area contributed by atoms with Crippen molar-refractivity contribution in [2.75, 3.05) is 6.61 Å². The van der Waals surface area contributed by atoms with Gasteiger partial charge in [-0.15, -0.1) is 0 Å².